The van der Waals surface area contributed by atoms with Gasteiger partial charge in [0.15, 0.2) is 0 Å². The third-order valence-electron chi connectivity index (χ3n) is 3.81. The number of amides is 2. The average molecular weight is 350 g/mol. The third kappa shape index (κ3) is 4.85. The van der Waals surface area contributed by atoms with Crippen molar-refractivity contribution in [3.05, 3.63) is 35.9 Å². The van der Waals surface area contributed by atoms with Crippen LogP contribution in [-0.2, 0) is 25.6 Å². The van der Waals surface area contributed by atoms with Gasteiger partial charge in [-0.1, -0.05) is 30.3 Å². The second-order valence-electron chi connectivity index (χ2n) is 5.87. The van der Waals surface area contributed by atoms with E-state index >= 15 is 0 Å². The predicted octanol–water partition coefficient (Wildman–Crippen LogP) is 1.64. The van der Waals surface area contributed by atoms with E-state index in [2.05, 4.69) is 0 Å². The molecule has 8 heteroatoms. The van der Waals surface area contributed by atoms with E-state index in [4.69, 9.17) is 14.2 Å². The summed E-state index contributed by atoms with van der Waals surface area (Å²) < 4.78 is 15.3. The van der Waals surface area contributed by atoms with Gasteiger partial charge in [-0.15, -0.1) is 0 Å². The van der Waals surface area contributed by atoms with Crippen LogP contribution in [0, 0.1) is 0 Å². The van der Waals surface area contributed by atoms with Crippen molar-refractivity contribution in [2.24, 2.45) is 0 Å². The van der Waals surface area contributed by atoms with Gasteiger partial charge in [0.2, 0.25) is 0 Å². The standard InChI is InChI=1S/C17H22N2O6/c1-18(2)16(21)25-13-9-14(15(20)23-3)19(10-13)17(22)24-11-12-7-5-4-6-8-12/h4-8,13-14H,9-11H2,1-3H3/t13-,14+/m1/s1. The summed E-state index contributed by atoms with van der Waals surface area (Å²) in [6.07, 6.45) is -1.61. The molecular formula is C17H22N2O6. The second-order valence-corrected chi connectivity index (χ2v) is 5.87. The van der Waals surface area contributed by atoms with E-state index in [0.717, 1.165) is 5.56 Å². The summed E-state index contributed by atoms with van der Waals surface area (Å²) in [6, 6.07) is 8.36. The van der Waals surface area contributed by atoms with Crippen LogP contribution in [0.2, 0.25) is 0 Å². The lowest BCUT2D eigenvalue weighted by Crippen LogP contribution is -2.41. The second kappa shape index (κ2) is 8.36. The number of hydrogen-bond acceptors (Lipinski definition) is 6. The summed E-state index contributed by atoms with van der Waals surface area (Å²) in [5.74, 6) is -0.569. The number of methoxy groups -OCH3 is 1. The van der Waals surface area contributed by atoms with Gasteiger partial charge in [0.25, 0.3) is 0 Å². The highest BCUT2D eigenvalue weighted by Gasteiger charge is 2.43. The first-order chi connectivity index (χ1) is 11.9. The van der Waals surface area contributed by atoms with Crippen molar-refractivity contribution in [1.82, 2.24) is 9.80 Å². The summed E-state index contributed by atoms with van der Waals surface area (Å²) in [7, 11) is 4.36. The first-order valence-corrected chi connectivity index (χ1v) is 7.85. The zero-order valence-corrected chi connectivity index (χ0v) is 14.5. The van der Waals surface area contributed by atoms with Crippen LogP contribution in [0.4, 0.5) is 9.59 Å². The fourth-order valence-corrected chi connectivity index (χ4v) is 2.49. The Kier molecular flexibility index (Phi) is 6.21. The number of likely N-dealkylation sites (tertiary alicyclic amines) is 1. The smallest absolute Gasteiger partial charge is 0.410 e. The Morgan fingerprint density at radius 3 is 2.48 bits per heavy atom. The first-order valence-electron chi connectivity index (χ1n) is 7.85. The van der Waals surface area contributed by atoms with Gasteiger partial charge in [0, 0.05) is 20.5 Å². The Labute approximate surface area is 146 Å². The van der Waals surface area contributed by atoms with Gasteiger partial charge in [-0.25, -0.2) is 14.4 Å². The van der Waals surface area contributed by atoms with Crippen LogP contribution < -0.4 is 0 Å². The number of carbonyl (C=O) groups excluding carboxylic acids is 3. The molecule has 0 bridgehead atoms. The number of carbonyl (C=O) groups is 3. The maximum absolute atomic E-state index is 12.4. The van der Waals surface area contributed by atoms with E-state index in [0.29, 0.717) is 0 Å². The molecule has 1 heterocycles. The zero-order chi connectivity index (χ0) is 18.4. The molecular weight excluding hydrogens is 328 g/mol. The Hall–Kier alpha value is -2.77. The molecule has 0 saturated carbocycles. The number of esters is 1. The molecule has 0 spiro atoms. The van der Waals surface area contributed by atoms with Gasteiger partial charge < -0.3 is 19.1 Å². The topological polar surface area (TPSA) is 85.4 Å². The minimum absolute atomic E-state index is 0.0764. The Balaban J connectivity index is 2.00. The van der Waals surface area contributed by atoms with Crippen LogP contribution in [0.1, 0.15) is 12.0 Å². The van der Waals surface area contributed by atoms with Crippen LogP contribution in [0.15, 0.2) is 30.3 Å². The number of benzene rings is 1. The number of hydrogen-bond donors (Lipinski definition) is 0. The van der Waals surface area contributed by atoms with Gasteiger partial charge >= 0.3 is 18.2 Å². The van der Waals surface area contributed by atoms with Crippen LogP contribution in [0.25, 0.3) is 0 Å². The highest BCUT2D eigenvalue weighted by molar-refractivity contribution is 5.82. The average Bonchev–Trinajstić information content (AvgIpc) is 3.03. The number of nitrogens with zero attached hydrogens (tertiary/aromatic N) is 2. The molecule has 1 fully saturated rings. The van der Waals surface area contributed by atoms with Crippen molar-refractivity contribution in [2.75, 3.05) is 27.7 Å². The van der Waals surface area contributed by atoms with Crippen molar-refractivity contribution in [1.29, 1.82) is 0 Å². The lowest BCUT2D eigenvalue weighted by atomic mass is 10.2. The third-order valence-corrected chi connectivity index (χ3v) is 3.81. The van der Waals surface area contributed by atoms with Gasteiger partial charge in [-0.3, -0.25) is 4.90 Å². The fraction of sp³-hybridized carbons (Fsp3) is 0.471. The van der Waals surface area contributed by atoms with E-state index in [1.807, 2.05) is 30.3 Å². The van der Waals surface area contributed by atoms with E-state index in [-0.39, 0.29) is 19.6 Å². The van der Waals surface area contributed by atoms with E-state index in [1.165, 1.54) is 16.9 Å². The number of rotatable bonds is 4. The monoisotopic (exact) mass is 350 g/mol. The maximum atomic E-state index is 12.4. The maximum Gasteiger partial charge on any atom is 0.410 e. The molecule has 0 unspecified atom stereocenters. The molecule has 2 atom stereocenters. The van der Waals surface area contributed by atoms with Crippen molar-refractivity contribution >= 4 is 18.2 Å². The molecule has 136 valence electrons. The molecule has 1 aliphatic rings. The summed E-state index contributed by atoms with van der Waals surface area (Å²) in [6.45, 7) is 0.166. The van der Waals surface area contributed by atoms with E-state index < -0.39 is 30.3 Å². The van der Waals surface area contributed by atoms with Crippen LogP contribution >= 0.6 is 0 Å². The molecule has 2 rings (SSSR count). The molecule has 0 aliphatic carbocycles. The minimum Gasteiger partial charge on any atom is -0.467 e. The molecule has 25 heavy (non-hydrogen) atoms. The Morgan fingerprint density at radius 2 is 1.88 bits per heavy atom. The predicted molar refractivity (Wildman–Crippen MR) is 87.7 cm³/mol. The summed E-state index contributed by atoms with van der Waals surface area (Å²) >= 11 is 0. The Morgan fingerprint density at radius 1 is 1.20 bits per heavy atom. The summed E-state index contributed by atoms with van der Waals surface area (Å²) in [5.41, 5.74) is 0.834. The van der Waals surface area contributed by atoms with Crippen LogP contribution in [-0.4, -0.2) is 67.9 Å². The molecule has 0 radical (unpaired) electrons. The molecule has 1 aromatic rings. The summed E-state index contributed by atoms with van der Waals surface area (Å²) in [4.78, 5) is 38.5. The largest absolute Gasteiger partial charge is 0.467 e. The molecule has 1 saturated heterocycles. The van der Waals surface area contributed by atoms with E-state index in [1.54, 1.807) is 14.1 Å². The minimum atomic E-state index is -0.840. The van der Waals surface area contributed by atoms with E-state index in [9.17, 15) is 14.4 Å². The zero-order valence-electron chi connectivity index (χ0n) is 14.5. The van der Waals surface area contributed by atoms with Crippen molar-refractivity contribution in [3.63, 3.8) is 0 Å². The van der Waals surface area contributed by atoms with Crippen LogP contribution in [0.5, 0.6) is 0 Å². The van der Waals surface area contributed by atoms with Gasteiger partial charge in [-0.2, -0.15) is 0 Å². The van der Waals surface area contributed by atoms with Gasteiger partial charge in [0.1, 0.15) is 18.8 Å². The van der Waals surface area contributed by atoms with Crippen molar-refractivity contribution in [2.45, 2.75) is 25.2 Å². The molecule has 8 nitrogen and oxygen atoms in total. The van der Waals surface area contributed by atoms with Crippen molar-refractivity contribution < 1.29 is 28.6 Å². The highest BCUT2D eigenvalue weighted by atomic mass is 16.6. The first kappa shape index (κ1) is 18.6. The van der Waals surface area contributed by atoms with Crippen molar-refractivity contribution in [3.8, 4) is 0 Å². The highest BCUT2D eigenvalue weighted by Crippen LogP contribution is 2.23. The molecule has 2 amide bonds. The normalized spacial score (nSPS) is 19.2. The van der Waals surface area contributed by atoms with Gasteiger partial charge in [0.05, 0.1) is 13.7 Å². The summed E-state index contributed by atoms with van der Waals surface area (Å²) in [5, 5.41) is 0. The lowest BCUT2D eigenvalue weighted by Gasteiger charge is -2.21. The molecule has 0 N–H and O–H groups in total. The SMILES string of the molecule is COC(=O)[C@@H]1C[C@@H](OC(=O)N(C)C)CN1C(=O)OCc1ccccc1. The van der Waals surface area contributed by atoms with Crippen LogP contribution in [0.3, 0.4) is 0 Å². The molecule has 1 aromatic carbocycles. The quantitative estimate of drug-likeness (QED) is 0.606. The molecule has 0 aromatic heterocycles. The van der Waals surface area contributed by atoms with Gasteiger partial charge in [-0.05, 0) is 5.56 Å². The Bertz CT molecular complexity index is 619. The molecule has 1 aliphatic heterocycles. The fourth-order valence-electron chi connectivity index (χ4n) is 2.49. The lowest BCUT2D eigenvalue weighted by molar-refractivity contribution is -0.145. The number of ether oxygens (including phenoxy) is 3.